The van der Waals surface area contributed by atoms with Crippen LogP contribution in [0.1, 0.15) is 115 Å². The fourth-order valence-electron chi connectivity index (χ4n) is 7.43. The van der Waals surface area contributed by atoms with Crippen LogP contribution in [0.25, 0.3) is 72.7 Å². The number of rotatable bonds is 9. The quantitative estimate of drug-likeness (QED) is 0.147. The number of imidazole rings is 1. The third-order valence-corrected chi connectivity index (χ3v) is 10.9. The van der Waals surface area contributed by atoms with Gasteiger partial charge >= 0.3 is 0 Å². The molecule has 0 aliphatic rings. The van der Waals surface area contributed by atoms with Gasteiger partial charge in [-0.2, -0.15) is 0 Å². The monoisotopic (exact) mass is 976 g/mol. The maximum atomic E-state index is 12.3. The summed E-state index contributed by atoms with van der Waals surface area (Å²) < 4.78 is 80.6. The minimum absolute atomic E-state index is 0. The zero-order chi connectivity index (χ0) is 49.5. The Morgan fingerprint density at radius 1 is 0.700 bits per heavy atom. The van der Waals surface area contributed by atoms with E-state index in [4.69, 9.17) is 14.6 Å². The number of hydrogen-bond donors (Lipinski definition) is 1. The molecule has 6 aromatic carbocycles. The van der Waals surface area contributed by atoms with Crippen LogP contribution in [0.2, 0.25) is 0 Å². The average molecular weight is 977 g/mol. The number of phenolic OH excluding ortho intramolecular Hbond substituents is 1. The molecule has 0 amide bonds. The van der Waals surface area contributed by atoms with Crippen molar-refractivity contribution in [2.24, 2.45) is 0 Å². The Bertz CT molecular complexity index is 3290. The standard InChI is InChI=1S/C55H54N3O.Pt/c1-34(2)40-25-42(38-19-14-11-15-20-38)30-46(29-40)58-51-22-16-21-47(52(51)57-54(58)49-32-41(35(3)4)31-48(36(5)6)53(49)59)43-26-44(28-45(27-43)55(7,8)9)50-33-39(23-24-56-50)37-17-12-10-13-18-37;/h10-25,27-36,59H,1-9H3;/q-1;/i10D,12D,13D,17D,18D,23D,24D,33D,34D;. The van der Waals surface area contributed by atoms with Crippen molar-refractivity contribution in [1.82, 2.24) is 14.5 Å². The van der Waals surface area contributed by atoms with Crippen LogP contribution in [-0.4, -0.2) is 19.6 Å². The van der Waals surface area contributed by atoms with Crippen molar-refractivity contribution in [3.05, 3.63) is 168 Å². The molecule has 306 valence electrons. The summed E-state index contributed by atoms with van der Waals surface area (Å²) in [5, 5.41) is 12.3. The summed E-state index contributed by atoms with van der Waals surface area (Å²) in [6.07, 6.45) is -0.531. The molecule has 2 heterocycles. The Hall–Kier alpha value is -5.57. The zero-order valence-corrected chi connectivity index (χ0v) is 37.7. The third-order valence-electron chi connectivity index (χ3n) is 10.9. The zero-order valence-electron chi connectivity index (χ0n) is 44.4. The van der Waals surface area contributed by atoms with Gasteiger partial charge in [-0.1, -0.05) is 164 Å². The van der Waals surface area contributed by atoms with Crippen molar-refractivity contribution in [2.75, 3.05) is 0 Å². The van der Waals surface area contributed by atoms with Crippen LogP contribution in [0.4, 0.5) is 0 Å². The largest absolute Gasteiger partial charge is 0.507 e. The number of fused-ring (bicyclic) bond motifs is 1. The van der Waals surface area contributed by atoms with E-state index < -0.39 is 53.7 Å². The summed E-state index contributed by atoms with van der Waals surface area (Å²) in [6.45, 7) is 18.2. The van der Waals surface area contributed by atoms with Gasteiger partial charge in [-0.3, -0.25) is 9.55 Å². The number of aromatic hydroxyl groups is 1. The van der Waals surface area contributed by atoms with Gasteiger partial charge in [0.1, 0.15) is 11.6 Å². The van der Waals surface area contributed by atoms with Gasteiger partial charge in [0, 0.05) is 40.0 Å². The van der Waals surface area contributed by atoms with Crippen molar-refractivity contribution in [3.63, 3.8) is 0 Å². The minimum atomic E-state index is -0.977. The Balaban J connectivity index is 0.00000703. The van der Waals surface area contributed by atoms with Crippen molar-refractivity contribution < 1.29 is 38.5 Å². The van der Waals surface area contributed by atoms with Gasteiger partial charge in [0.15, 0.2) is 0 Å². The molecule has 8 aromatic rings. The van der Waals surface area contributed by atoms with Gasteiger partial charge in [-0.05, 0) is 92.4 Å². The second kappa shape index (κ2) is 17.2. The van der Waals surface area contributed by atoms with Crippen molar-refractivity contribution >= 4 is 11.0 Å². The fourth-order valence-corrected chi connectivity index (χ4v) is 7.43. The molecule has 0 unspecified atom stereocenters. The second-order valence-electron chi connectivity index (χ2n) is 17.0. The van der Waals surface area contributed by atoms with E-state index in [0.717, 1.165) is 39.1 Å². The summed E-state index contributed by atoms with van der Waals surface area (Å²) >= 11 is 0. The van der Waals surface area contributed by atoms with E-state index in [2.05, 4.69) is 50.9 Å². The first-order valence-electron chi connectivity index (χ1n) is 24.6. The molecule has 8 rings (SSSR count). The Labute approximate surface area is 383 Å². The topological polar surface area (TPSA) is 50.9 Å². The molecule has 0 aliphatic carbocycles. The maximum Gasteiger partial charge on any atom is 0.148 e. The third kappa shape index (κ3) is 8.41. The van der Waals surface area contributed by atoms with E-state index in [0.29, 0.717) is 39.1 Å². The molecule has 2 aromatic heterocycles. The van der Waals surface area contributed by atoms with Crippen LogP contribution >= 0.6 is 0 Å². The number of nitrogens with zero attached hydrogens (tertiary/aromatic N) is 3. The SMILES string of the molecule is [2H]c1nc(-c2[c-]c(-c3cccc4c3nc(-c3cc(C(C)C)cc(C(C)C)c3O)n4-c3cc(-c4ccccc4)cc(C([2H])(C)C)c3)cc(C(C)(C)C)c2)c([2H])c(-c2c([2H])c([2H])c([2H])c([2H])c2[2H])c1[2H].[Pt]. The molecule has 5 heteroatoms. The van der Waals surface area contributed by atoms with Gasteiger partial charge in [0.25, 0.3) is 0 Å². The molecule has 0 saturated carbocycles. The van der Waals surface area contributed by atoms with Gasteiger partial charge in [0.2, 0.25) is 0 Å². The van der Waals surface area contributed by atoms with E-state index >= 15 is 0 Å². The smallest absolute Gasteiger partial charge is 0.148 e. The molecule has 60 heavy (non-hydrogen) atoms. The van der Waals surface area contributed by atoms with E-state index in [9.17, 15) is 7.85 Å². The van der Waals surface area contributed by atoms with E-state index in [1.165, 1.54) is 0 Å². The molecule has 0 fully saturated rings. The van der Waals surface area contributed by atoms with Crippen LogP contribution in [-0.2, 0) is 26.5 Å². The van der Waals surface area contributed by atoms with E-state index in [1.54, 1.807) is 0 Å². The second-order valence-corrected chi connectivity index (χ2v) is 17.0. The summed E-state index contributed by atoms with van der Waals surface area (Å²) in [5.41, 5.74) is 8.30. The predicted molar refractivity (Wildman–Crippen MR) is 248 cm³/mol. The first-order valence-corrected chi connectivity index (χ1v) is 20.1. The van der Waals surface area contributed by atoms with Crippen LogP contribution in [0.15, 0.2) is 139 Å². The normalized spacial score (nSPS) is 14.1. The summed E-state index contributed by atoms with van der Waals surface area (Å²) in [4.78, 5) is 9.89. The van der Waals surface area contributed by atoms with Gasteiger partial charge < -0.3 is 5.11 Å². The van der Waals surface area contributed by atoms with Crippen LogP contribution in [0.5, 0.6) is 5.75 Å². The van der Waals surface area contributed by atoms with Crippen molar-refractivity contribution in [2.45, 2.75) is 85.5 Å². The van der Waals surface area contributed by atoms with E-state index in [1.807, 2.05) is 118 Å². The molecule has 0 spiro atoms. The molecule has 1 N–H and O–H groups in total. The van der Waals surface area contributed by atoms with Crippen LogP contribution in [0, 0.1) is 6.07 Å². The Kier molecular flexibility index (Phi) is 9.23. The molecule has 4 nitrogen and oxygen atoms in total. The summed E-state index contributed by atoms with van der Waals surface area (Å²) in [6, 6.07) is 29.5. The number of hydrogen-bond acceptors (Lipinski definition) is 3. The summed E-state index contributed by atoms with van der Waals surface area (Å²) in [7, 11) is 0. The maximum absolute atomic E-state index is 12.3. The van der Waals surface area contributed by atoms with Gasteiger partial charge in [0.05, 0.1) is 27.6 Å². The molecule has 0 atom stereocenters. The minimum Gasteiger partial charge on any atom is -0.507 e. The first kappa shape index (κ1) is 32.2. The molecule has 0 saturated heterocycles. The van der Waals surface area contributed by atoms with Gasteiger partial charge in [-0.15, -0.1) is 29.3 Å². The Morgan fingerprint density at radius 2 is 1.43 bits per heavy atom. The number of aromatic nitrogens is 3. The average Bonchev–Trinajstić information content (AvgIpc) is 3.69. The number of phenols is 1. The molecule has 0 radical (unpaired) electrons. The number of para-hydroxylation sites is 1. The predicted octanol–water partition coefficient (Wildman–Crippen LogP) is 14.9. The molecule has 0 bridgehead atoms. The number of pyridine rings is 1. The van der Waals surface area contributed by atoms with Crippen LogP contribution in [0.3, 0.4) is 0 Å². The fraction of sp³-hybridized carbons (Fsp3) is 0.236. The van der Waals surface area contributed by atoms with E-state index in [-0.39, 0.29) is 61.5 Å². The van der Waals surface area contributed by atoms with Crippen molar-refractivity contribution in [3.8, 4) is 67.5 Å². The Morgan fingerprint density at radius 3 is 2.12 bits per heavy atom. The molecular formula is C55H54N3OPt-. The van der Waals surface area contributed by atoms with Crippen molar-refractivity contribution in [1.29, 1.82) is 0 Å². The first-order chi connectivity index (χ1) is 31.9. The van der Waals surface area contributed by atoms with Gasteiger partial charge in [-0.25, -0.2) is 4.98 Å². The summed E-state index contributed by atoms with van der Waals surface area (Å²) in [5.74, 6) is -0.233. The molecule has 0 aliphatic heterocycles. The molecular weight excluding hydrogens is 914 g/mol. The van der Waals surface area contributed by atoms with Crippen LogP contribution < -0.4 is 0 Å². The number of benzene rings is 6.